The van der Waals surface area contributed by atoms with Crippen LogP contribution in [0.25, 0.3) is 0 Å². The first-order chi connectivity index (χ1) is 7.69. The van der Waals surface area contributed by atoms with E-state index in [1.54, 1.807) is 6.07 Å². The number of alkyl halides is 1. The van der Waals surface area contributed by atoms with E-state index in [0.717, 1.165) is 0 Å². The fourth-order valence-corrected chi connectivity index (χ4v) is 1.000. The van der Waals surface area contributed by atoms with Crippen LogP contribution in [0.15, 0.2) is 11.8 Å². The summed E-state index contributed by atoms with van der Waals surface area (Å²) >= 11 is 5.40. The SMILES string of the molecule is CCC(CO)N/C=C(/C#N)C(=O)NCCCl. The highest BCUT2D eigenvalue weighted by atomic mass is 35.5. The van der Waals surface area contributed by atoms with Crippen molar-refractivity contribution in [1.82, 2.24) is 10.6 Å². The maximum Gasteiger partial charge on any atom is 0.263 e. The van der Waals surface area contributed by atoms with Crippen LogP contribution < -0.4 is 10.6 Å². The van der Waals surface area contributed by atoms with Gasteiger partial charge in [-0.05, 0) is 6.42 Å². The Morgan fingerprint density at radius 1 is 1.69 bits per heavy atom. The molecule has 0 fully saturated rings. The first-order valence-electron chi connectivity index (χ1n) is 5.00. The molecule has 0 bridgehead atoms. The van der Waals surface area contributed by atoms with Gasteiger partial charge in [0.15, 0.2) is 0 Å². The van der Waals surface area contributed by atoms with Crippen LogP contribution in [-0.4, -0.2) is 36.1 Å². The highest BCUT2D eigenvalue weighted by molar-refractivity contribution is 6.18. The zero-order valence-corrected chi connectivity index (χ0v) is 9.92. The third-order valence-electron chi connectivity index (χ3n) is 1.92. The van der Waals surface area contributed by atoms with E-state index in [9.17, 15) is 4.79 Å². The number of nitriles is 1. The minimum atomic E-state index is -0.469. The van der Waals surface area contributed by atoms with Gasteiger partial charge in [0, 0.05) is 24.7 Å². The molecule has 1 unspecified atom stereocenters. The molecule has 16 heavy (non-hydrogen) atoms. The van der Waals surface area contributed by atoms with Crippen LogP contribution in [-0.2, 0) is 4.79 Å². The van der Waals surface area contributed by atoms with Gasteiger partial charge in [0.1, 0.15) is 11.6 Å². The van der Waals surface area contributed by atoms with Crippen LogP contribution in [0.1, 0.15) is 13.3 Å². The number of aliphatic hydroxyl groups excluding tert-OH is 1. The third kappa shape index (κ3) is 5.59. The summed E-state index contributed by atoms with van der Waals surface area (Å²) in [5.74, 6) is -0.171. The number of aliphatic hydroxyl groups is 1. The summed E-state index contributed by atoms with van der Waals surface area (Å²) < 4.78 is 0. The Kier molecular flexibility index (Phi) is 8.31. The summed E-state index contributed by atoms with van der Waals surface area (Å²) in [6.45, 7) is 2.16. The van der Waals surface area contributed by atoms with Gasteiger partial charge >= 0.3 is 0 Å². The lowest BCUT2D eigenvalue weighted by Gasteiger charge is -2.11. The second kappa shape index (κ2) is 9.01. The van der Waals surface area contributed by atoms with Gasteiger partial charge < -0.3 is 15.7 Å². The predicted octanol–water partition coefficient (Wildman–Crippen LogP) is 0.109. The minimum absolute atomic E-state index is 0.0305. The summed E-state index contributed by atoms with van der Waals surface area (Å²) in [4.78, 5) is 11.4. The number of nitrogens with one attached hydrogen (secondary N) is 2. The van der Waals surface area contributed by atoms with Crippen molar-refractivity contribution in [3.05, 3.63) is 11.8 Å². The smallest absolute Gasteiger partial charge is 0.263 e. The lowest BCUT2D eigenvalue weighted by atomic mass is 10.2. The van der Waals surface area contributed by atoms with Gasteiger partial charge in [-0.2, -0.15) is 5.26 Å². The van der Waals surface area contributed by atoms with E-state index in [1.165, 1.54) is 6.20 Å². The highest BCUT2D eigenvalue weighted by Gasteiger charge is 2.08. The molecule has 0 aliphatic heterocycles. The van der Waals surface area contributed by atoms with Crippen molar-refractivity contribution in [2.75, 3.05) is 19.0 Å². The number of hydrogen-bond donors (Lipinski definition) is 3. The largest absolute Gasteiger partial charge is 0.394 e. The molecule has 90 valence electrons. The Morgan fingerprint density at radius 2 is 2.38 bits per heavy atom. The molecule has 0 saturated carbocycles. The van der Waals surface area contributed by atoms with Crippen molar-refractivity contribution in [2.45, 2.75) is 19.4 Å². The molecule has 0 aliphatic carbocycles. The van der Waals surface area contributed by atoms with E-state index in [0.29, 0.717) is 18.8 Å². The molecule has 1 atom stereocenters. The van der Waals surface area contributed by atoms with Gasteiger partial charge in [0.05, 0.1) is 6.61 Å². The van der Waals surface area contributed by atoms with Gasteiger partial charge in [-0.3, -0.25) is 4.79 Å². The van der Waals surface area contributed by atoms with Crippen molar-refractivity contribution in [3.8, 4) is 6.07 Å². The van der Waals surface area contributed by atoms with Crippen molar-refractivity contribution in [2.24, 2.45) is 0 Å². The quantitative estimate of drug-likeness (QED) is 0.338. The van der Waals surface area contributed by atoms with Crippen molar-refractivity contribution < 1.29 is 9.90 Å². The molecule has 0 aliphatic rings. The van der Waals surface area contributed by atoms with E-state index >= 15 is 0 Å². The average molecular weight is 246 g/mol. The maximum absolute atomic E-state index is 11.4. The maximum atomic E-state index is 11.4. The number of halogens is 1. The Bertz CT molecular complexity index is 282. The molecule has 0 aromatic heterocycles. The standard InChI is InChI=1S/C10H16ClN3O2/c1-2-9(7-15)14-6-8(5-12)10(16)13-4-3-11/h6,9,14-15H,2-4,7H2,1H3,(H,13,16)/b8-6-. The Balaban J connectivity index is 4.31. The van der Waals surface area contributed by atoms with Crippen LogP contribution in [0.5, 0.6) is 0 Å². The zero-order chi connectivity index (χ0) is 12.4. The van der Waals surface area contributed by atoms with E-state index in [1.807, 2.05) is 6.92 Å². The van der Waals surface area contributed by atoms with Crippen LogP contribution in [0.2, 0.25) is 0 Å². The van der Waals surface area contributed by atoms with Gasteiger partial charge in [0.25, 0.3) is 5.91 Å². The van der Waals surface area contributed by atoms with E-state index in [4.69, 9.17) is 22.0 Å². The minimum Gasteiger partial charge on any atom is -0.394 e. The molecule has 0 spiro atoms. The first-order valence-corrected chi connectivity index (χ1v) is 5.54. The van der Waals surface area contributed by atoms with Gasteiger partial charge in [-0.1, -0.05) is 6.92 Å². The Morgan fingerprint density at radius 3 is 2.81 bits per heavy atom. The molecule has 3 N–H and O–H groups in total. The Hall–Kier alpha value is -1.25. The number of rotatable bonds is 7. The fraction of sp³-hybridized carbons (Fsp3) is 0.600. The molecule has 0 aromatic rings. The molecule has 0 rings (SSSR count). The van der Waals surface area contributed by atoms with Crippen LogP contribution in [0.4, 0.5) is 0 Å². The lowest BCUT2D eigenvalue weighted by molar-refractivity contribution is -0.117. The van der Waals surface area contributed by atoms with Crippen molar-refractivity contribution >= 4 is 17.5 Å². The third-order valence-corrected chi connectivity index (χ3v) is 2.11. The van der Waals surface area contributed by atoms with Gasteiger partial charge in [-0.25, -0.2) is 0 Å². The number of carbonyl (C=O) groups is 1. The van der Waals surface area contributed by atoms with Gasteiger partial charge in [-0.15, -0.1) is 11.6 Å². The van der Waals surface area contributed by atoms with E-state index < -0.39 is 5.91 Å². The van der Waals surface area contributed by atoms with Crippen molar-refractivity contribution in [1.29, 1.82) is 5.26 Å². The van der Waals surface area contributed by atoms with Crippen molar-refractivity contribution in [3.63, 3.8) is 0 Å². The second-order valence-electron chi connectivity index (χ2n) is 3.07. The summed E-state index contributed by atoms with van der Waals surface area (Å²) in [5, 5.41) is 22.9. The number of hydrogen-bond acceptors (Lipinski definition) is 4. The van der Waals surface area contributed by atoms with E-state index in [2.05, 4.69) is 10.6 Å². The molecule has 0 aromatic carbocycles. The molecule has 6 heteroatoms. The average Bonchev–Trinajstić information content (AvgIpc) is 2.32. The topological polar surface area (TPSA) is 85.2 Å². The second-order valence-corrected chi connectivity index (χ2v) is 3.45. The van der Waals surface area contributed by atoms with Crippen LogP contribution in [0.3, 0.4) is 0 Å². The monoisotopic (exact) mass is 245 g/mol. The predicted molar refractivity (Wildman–Crippen MR) is 61.7 cm³/mol. The highest BCUT2D eigenvalue weighted by Crippen LogP contribution is 1.94. The molecule has 0 heterocycles. The molecule has 1 amide bonds. The molecule has 0 saturated heterocycles. The Labute approximate surface area is 100 Å². The zero-order valence-electron chi connectivity index (χ0n) is 9.16. The lowest BCUT2D eigenvalue weighted by Crippen LogP contribution is -2.31. The van der Waals surface area contributed by atoms with Gasteiger partial charge in [0.2, 0.25) is 0 Å². The summed E-state index contributed by atoms with van der Waals surface area (Å²) in [6, 6.07) is 1.63. The number of nitrogens with zero attached hydrogens (tertiary/aromatic N) is 1. The van der Waals surface area contributed by atoms with Crippen LogP contribution >= 0.6 is 11.6 Å². The van der Waals surface area contributed by atoms with E-state index in [-0.39, 0.29) is 18.2 Å². The summed E-state index contributed by atoms with van der Waals surface area (Å²) in [7, 11) is 0. The fourth-order valence-electron chi connectivity index (χ4n) is 0.905. The molecule has 0 radical (unpaired) electrons. The first kappa shape index (κ1) is 14.8. The number of carbonyl (C=O) groups excluding carboxylic acids is 1. The number of amides is 1. The summed E-state index contributed by atoms with van der Waals surface area (Å²) in [5.41, 5.74) is -0.0305. The normalized spacial score (nSPS) is 12.8. The van der Waals surface area contributed by atoms with Crippen LogP contribution in [0, 0.1) is 11.3 Å². The molecular formula is C10H16ClN3O2. The summed E-state index contributed by atoms with van der Waals surface area (Å²) in [6.07, 6.45) is 2.02. The molecular weight excluding hydrogens is 230 g/mol. The molecule has 5 nitrogen and oxygen atoms in total.